The number of rotatable bonds is 3. The second kappa shape index (κ2) is 4.49. The lowest BCUT2D eigenvalue weighted by atomic mass is 10.2. The van der Waals surface area contributed by atoms with Crippen LogP contribution in [0.5, 0.6) is 0 Å². The molecule has 92 valence electrons. The molecule has 0 atom stereocenters. The summed E-state index contributed by atoms with van der Waals surface area (Å²) in [7, 11) is 0. The number of nitrogens with two attached hydrogens (primary N) is 1. The number of imidazole rings is 1. The van der Waals surface area contributed by atoms with Crippen molar-refractivity contribution in [2.24, 2.45) is 0 Å². The molecule has 2 aromatic heterocycles. The second-order valence-corrected chi connectivity index (χ2v) is 5.13. The van der Waals surface area contributed by atoms with E-state index in [1.807, 2.05) is 36.3 Å². The second-order valence-electron chi connectivity index (χ2n) is 4.14. The van der Waals surface area contributed by atoms with E-state index in [0.29, 0.717) is 5.82 Å². The van der Waals surface area contributed by atoms with Gasteiger partial charge in [0.25, 0.3) is 0 Å². The Kier molecular flexibility index (Phi) is 2.83. The Morgan fingerprint density at radius 3 is 3.00 bits per heavy atom. The first kappa shape index (κ1) is 11.3. The highest BCUT2D eigenvalue weighted by atomic mass is 32.2. The van der Waals surface area contributed by atoms with Crippen LogP contribution < -0.4 is 5.73 Å². The number of hydrogen-bond donors (Lipinski definition) is 1. The molecule has 0 saturated heterocycles. The van der Waals surface area contributed by atoms with Gasteiger partial charge in [-0.3, -0.25) is 0 Å². The van der Waals surface area contributed by atoms with E-state index in [2.05, 4.69) is 26.9 Å². The monoisotopic (exact) mass is 258 g/mol. The lowest BCUT2D eigenvalue weighted by Crippen LogP contribution is -2.00. The highest BCUT2D eigenvalue weighted by Crippen LogP contribution is 2.26. The number of anilines is 1. The molecular formula is C13H14N4S. The number of nitrogen functional groups attached to an aromatic ring is 1. The van der Waals surface area contributed by atoms with Crippen molar-refractivity contribution in [3.63, 3.8) is 0 Å². The maximum atomic E-state index is 5.97. The fraction of sp³-hybridized carbons (Fsp3) is 0.231. The Morgan fingerprint density at radius 1 is 1.33 bits per heavy atom. The predicted molar refractivity (Wildman–Crippen MR) is 77.8 cm³/mol. The highest BCUT2D eigenvalue weighted by molar-refractivity contribution is 7.98. The summed E-state index contributed by atoms with van der Waals surface area (Å²) in [5.74, 6) is 1.56. The summed E-state index contributed by atoms with van der Waals surface area (Å²) < 4.78 is 2.16. The maximum Gasteiger partial charge on any atom is 0.152 e. The summed E-state index contributed by atoms with van der Waals surface area (Å²) in [6, 6.07) is 8.05. The number of thioether (sulfide) groups is 1. The number of hydrogen-bond acceptors (Lipinski definition) is 4. The quantitative estimate of drug-likeness (QED) is 0.784. The van der Waals surface area contributed by atoms with Crippen LogP contribution in [0.3, 0.4) is 0 Å². The summed E-state index contributed by atoms with van der Waals surface area (Å²) in [6.45, 7) is 0.936. The van der Waals surface area contributed by atoms with Gasteiger partial charge in [-0.1, -0.05) is 18.2 Å². The van der Waals surface area contributed by atoms with Gasteiger partial charge in [0.2, 0.25) is 0 Å². The first-order valence-electron chi connectivity index (χ1n) is 5.79. The molecule has 0 aliphatic heterocycles. The SMILES string of the molecule is CSCCn1cnc2c(N)nc3ccccc3c21. The zero-order valence-corrected chi connectivity index (χ0v) is 10.9. The van der Waals surface area contributed by atoms with Gasteiger partial charge in [0.1, 0.15) is 5.52 Å². The molecule has 3 rings (SSSR count). The van der Waals surface area contributed by atoms with Gasteiger partial charge >= 0.3 is 0 Å². The Labute approximate surface area is 109 Å². The maximum absolute atomic E-state index is 5.97. The predicted octanol–water partition coefficient (Wildman–Crippen LogP) is 2.53. The van der Waals surface area contributed by atoms with E-state index in [4.69, 9.17) is 5.73 Å². The lowest BCUT2D eigenvalue weighted by Gasteiger charge is -2.06. The van der Waals surface area contributed by atoms with Crippen LogP contribution in [-0.4, -0.2) is 26.5 Å². The molecule has 0 bridgehead atoms. The number of aromatic nitrogens is 3. The minimum atomic E-state index is 0.506. The number of para-hydroxylation sites is 1. The molecule has 0 aliphatic rings. The van der Waals surface area contributed by atoms with E-state index < -0.39 is 0 Å². The molecule has 5 heteroatoms. The molecule has 0 unspecified atom stereocenters. The molecule has 0 radical (unpaired) electrons. The molecule has 0 spiro atoms. The third kappa shape index (κ3) is 1.71. The van der Waals surface area contributed by atoms with E-state index >= 15 is 0 Å². The van der Waals surface area contributed by atoms with Crippen molar-refractivity contribution in [1.29, 1.82) is 0 Å². The number of pyridine rings is 1. The van der Waals surface area contributed by atoms with Gasteiger partial charge in [0, 0.05) is 17.7 Å². The van der Waals surface area contributed by atoms with Crippen LogP contribution in [0, 0.1) is 0 Å². The number of fused-ring (bicyclic) bond motifs is 3. The van der Waals surface area contributed by atoms with Crippen molar-refractivity contribution in [2.45, 2.75) is 6.54 Å². The Morgan fingerprint density at radius 2 is 2.17 bits per heavy atom. The van der Waals surface area contributed by atoms with Crippen molar-refractivity contribution in [2.75, 3.05) is 17.7 Å². The molecule has 0 amide bonds. The molecule has 18 heavy (non-hydrogen) atoms. The van der Waals surface area contributed by atoms with Gasteiger partial charge in [0.05, 0.1) is 17.4 Å². The zero-order valence-electron chi connectivity index (χ0n) is 10.1. The number of nitrogens with zero attached hydrogens (tertiary/aromatic N) is 3. The van der Waals surface area contributed by atoms with Crippen LogP contribution in [-0.2, 0) is 6.54 Å². The fourth-order valence-electron chi connectivity index (χ4n) is 2.17. The van der Waals surface area contributed by atoms with Crippen molar-refractivity contribution in [3.8, 4) is 0 Å². The van der Waals surface area contributed by atoms with Gasteiger partial charge < -0.3 is 10.3 Å². The Hall–Kier alpha value is -1.75. The van der Waals surface area contributed by atoms with Crippen LogP contribution in [0.4, 0.5) is 5.82 Å². The number of benzene rings is 1. The summed E-state index contributed by atoms with van der Waals surface area (Å²) in [4.78, 5) is 8.78. The molecular weight excluding hydrogens is 244 g/mol. The van der Waals surface area contributed by atoms with Crippen LogP contribution in [0.2, 0.25) is 0 Å². The van der Waals surface area contributed by atoms with E-state index in [1.54, 1.807) is 0 Å². The summed E-state index contributed by atoms with van der Waals surface area (Å²) in [6.07, 6.45) is 3.96. The highest BCUT2D eigenvalue weighted by Gasteiger charge is 2.11. The summed E-state index contributed by atoms with van der Waals surface area (Å²) in [5, 5.41) is 1.11. The van der Waals surface area contributed by atoms with Crippen molar-refractivity contribution in [3.05, 3.63) is 30.6 Å². The first-order valence-corrected chi connectivity index (χ1v) is 7.18. The van der Waals surface area contributed by atoms with Gasteiger partial charge in [-0.15, -0.1) is 0 Å². The van der Waals surface area contributed by atoms with Gasteiger partial charge in [-0.05, 0) is 12.3 Å². The van der Waals surface area contributed by atoms with E-state index in [9.17, 15) is 0 Å². The van der Waals surface area contributed by atoms with Crippen LogP contribution >= 0.6 is 11.8 Å². The molecule has 2 heterocycles. The number of aryl methyl sites for hydroxylation is 1. The smallest absolute Gasteiger partial charge is 0.152 e. The average molecular weight is 258 g/mol. The fourth-order valence-corrected chi connectivity index (χ4v) is 2.54. The Bertz CT molecular complexity index is 705. The summed E-state index contributed by atoms with van der Waals surface area (Å²) >= 11 is 1.82. The first-order chi connectivity index (χ1) is 8.81. The third-order valence-electron chi connectivity index (χ3n) is 3.02. The van der Waals surface area contributed by atoms with E-state index in [0.717, 1.165) is 34.2 Å². The summed E-state index contributed by atoms with van der Waals surface area (Å²) in [5.41, 5.74) is 8.79. The van der Waals surface area contributed by atoms with Gasteiger partial charge in [-0.2, -0.15) is 11.8 Å². The Balaban J connectivity index is 2.33. The lowest BCUT2D eigenvalue weighted by molar-refractivity contribution is 0.799. The average Bonchev–Trinajstić information content (AvgIpc) is 2.81. The van der Waals surface area contributed by atoms with E-state index in [1.165, 1.54) is 0 Å². The van der Waals surface area contributed by atoms with Crippen molar-refractivity contribution < 1.29 is 0 Å². The molecule has 1 aromatic carbocycles. The van der Waals surface area contributed by atoms with Crippen LogP contribution in [0.25, 0.3) is 21.9 Å². The van der Waals surface area contributed by atoms with E-state index in [-0.39, 0.29) is 0 Å². The normalized spacial score (nSPS) is 11.4. The van der Waals surface area contributed by atoms with Gasteiger partial charge in [-0.25, -0.2) is 9.97 Å². The minimum absolute atomic E-state index is 0.506. The molecule has 3 aromatic rings. The van der Waals surface area contributed by atoms with Gasteiger partial charge in [0.15, 0.2) is 5.82 Å². The topological polar surface area (TPSA) is 56.7 Å². The standard InChI is InChI=1S/C13H14N4S/c1-18-7-6-17-8-15-11-12(17)9-4-2-3-5-10(9)16-13(11)14/h2-5,8H,6-7H2,1H3,(H2,14,16). The zero-order chi connectivity index (χ0) is 12.5. The van der Waals surface area contributed by atoms with Crippen molar-refractivity contribution >= 4 is 39.5 Å². The molecule has 4 nitrogen and oxygen atoms in total. The molecule has 0 saturated carbocycles. The molecule has 0 aliphatic carbocycles. The third-order valence-corrected chi connectivity index (χ3v) is 3.61. The van der Waals surface area contributed by atoms with Crippen LogP contribution in [0.15, 0.2) is 30.6 Å². The van der Waals surface area contributed by atoms with Crippen LogP contribution in [0.1, 0.15) is 0 Å². The molecule has 2 N–H and O–H groups in total. The minimum Gasteiger partial charge on any atom is -0.382 e. The molecule has 0 fully saturated rings. The largest absolute Gasteiger partial charge is 0.382 e. The van der Waals surface area contributed by atoms with Crippen molar-refractivity contribution in [1.82, 2.24) is 14.5 Å².